The zero-order valence-electron chi connectivity index (χ0n) is 16.1. The molecule has 4 nitrogen and oxygen atoms in total. The second-order valence-corrected chi connectivity index (χ2v) is 7.29. The monoisotopic (exact) mass is 417 g/mol. The summed E-state index contributed by atoms with van der Waals surface area (Å²) in [5.41, 5.74) is 2.12. The smallest absolute Gasteiger partial charge is 0.408 e. The Hall–Kier alpha value is -3.50. The minimum absolute atomic E-state index is 0.0713. The SMILES string of the molecule is O=C(NC(c1ccccc1Cl)c1c(O)ccc2ccccc12)OCc1ccccc1. The fourth-order valence-corrected chi connectivity index (χ4v) is 3.73. The van der Waals surface area contributed by atoms with Crippen molar-refractivity contribution >= 4 is 28.5 Å². The van der Waals surface area contributed by atoms with Crippen molar-refractivity contribution in [1.29, 1.82) is 0 Å². The maximum absolute atomic E-state index is 12.7. The number of hydrogen-bond acceptors (Lipinski definition) is 3. The van der Waals surface area contributed by atoms with E-state index in [1.54, 1.807) is 12.1 Å². The molecule has 0 fully saturated rings. The molecule has 4 aromatic carbocycles. The van der Waals surface area contributed by atoms with Gasteiger partial charge in [-0.25, -0.2) is 4.79 Å². The first-order valence-electron chi connectivity index (χ1n) is 9.56. The van der Waals surface area contributed by atoms with Gasteiger partial charge in [-0.3, -0.25) is 0 Å². The molecular formula is C25H20ClNO3. The van der Waals surface area contributed by atoms with Gasteiger partial charge in [-0.2, -0.15) is 0 Å². The second kappa shape index (κ2) is 8.89. The molecule has 5 heteroatoms. The Balaban J connectivity index is 1.71. The van der Waals surface area contributed by atoms with Gasteiger partial charge in [-0.05, 0) is 34.0 Å². The minimum atomic E-state index is -0.687. The molecule has 4 rings (SSSR count). The van der Waals surface area contributed by atoms with Gasteiger partial charge in [-0.15, -0.1) is 0 Å². The van der Waals surface area contributed by atoms with Crippen molar-refractivity contribution in [1.82, 2.24) is 5.32 Å². The number of fused-ring (bicyclic) bond motifs is 1. The van der Waals surface area contributed by atoms with Crippen LogP contribution in [-0.2, 0) is 11.3 Å². The Morgan fingerprint density at radius 2 is 1.60 bits per heavy atom. The zero-order valence-corrected chi connectivity index (χ0v) is 16.8. The topological polar surface area (TPSA) is 58.6 Å². The molecule has 0 bridgehead atoms. The van der Waals surface area contributed by atoms with Crippen LogP contribution in [0.5, 0.6) is 5.75 Å². The van der Waals surface area contributed by atoms with Gasteiger partial charge in [0, 0.05) is 10.6 Å². The van der Waals surface area contributed by atoms with Crippen LogP contribution in [-0.4, -0.2) is 11.2 Å². The minimum Gasteiger partial charge on any atom is -0.508 e. The lowest BCUT2D eigenvalue weighted by atomic mass is 9.93. The average Bonchev–Trinajstić information content (AvgIpc) is 2.78. The maximum Gasteiger partial charge on any atom is 0.408 e. The first kappa shape index (κ1) is 19.8. The molecule has 1 atom stereocenters. The molecule has 0 heterocycles. The average molecular weight is 418 g/mol. The van der Waals surface area contributed by atoms with Crippen LogP contribution >= 0.6 is 11.6 Å². The van der Waals surface area contributed by atoms with Gasteiger partial charge < -0.3 is 15.2 Å². The number of hydrogen-bond donors (Lipinski definition) is 2. The molecule has 0 radical (unpaired) electrons. The normalized spacial score (nSPS) is 11.8. The largest absolute Gasteiger partial charge is 0.508 e. The highest BCUT2D eigenvalue weighted by Gasteiger charge is 2.25. The molecule has 0 saturated carbocycles. The Bertz CT molecular complexity index is 1180. The van der Waals surface area contributed by atoms with Crippen LogP contribution in [0.25, 0.3) is 10.8 Å². The quantitative estimate of drug-likeness (QED) is 0.405. The van der Waals surface area contributed by atoms with Crippen LogP contribution in [0.2, 0.25) is 5.02 Å². The second-order valence-electron chi connectivity index (χ2n) is 6.88. The van der Waals surface area contributed by atoms with Gasteiger partial charge in [-0.1, -0.05) is 90.5 Å². The molecular weight excluding hydrogens is 398 g/mol. The summed E-state index contributed by atoms with van der Waals surface area (Å²) in [5, 5.41) is 15.9. The molecule has 0 aromatic heterocycles. The molecule has 4 aromatic rings. The standard InChI is InChI=1S/C25H20ClNO3/c26-21-13-7-6-12-20(21)24(27-25(29)30-16-17-8-2-1-3-9-17)23-19-11-5-4-10-18(19)14-15-22(23)28/h1-15,24,28H,16H2,(H,27,29). The van der Waals surface area contributed by atoms with Crippen LogP contribution in [0.4, 0.5) is 4.79 Å². The highest BCUT2D eigenvalue weighted by atomic mass is 35.5. The van der Waals surface area contributed by atoms with Crippen LogP contribution < -0.4 is 5.32 Å². The summed E-state index contributed by atoms with van der Waals surface area (Å²) in [5.74, 6) is 0.0713. The number of ether oxygens (including phenoxy) is 1. The summed E-state index contributed by atoms with van der Waals surface area (Å²) in [6.45, 7) is 0.142. The van der Waals surface area contributed by atoms with Gasteiger partial charge in [0.05, 0.1) is 6.04 Å². The lowest BCUT2D eigenvalue weighted by Crippen LogP contribution is -2.30. The molecule has 0 aliphatic carbocycles. The number of carbonyl (C=O) groups excluding carboxylic acids is 1. The third-order valence-corrected chi connectivity index (χ3v) is 5.27. The van der Waals surface area contributed by atoms with E-state index < -0.39 is 12.1 Å². The number of nitrogens with one attached hydrogen (secondary N) is 1. The van der Waals surface area contributed by atoms with Gasteiger partial charge in [0.15, 0.2) is 0 Å². The molecule has 0 spiro atoms. The Morgan fingerprint density at radius 3 is 2.40 bits per heavy atom. The van der Waals surface area contributed by atoms with Crippen molar-refractivity contribution in [2.75, 3.05) is 0 Å². The summed E-state index contributed by atoms with van der Waals surface area (Å²) in [6.07, 6.45) is -0.601. The van der Waals surface area contributed by atoms with Crippen molar-refractivity contribution in [3.8, 4) is 5.75 Å². The molecule has 1 unspecified atom stereocenters. The predicted octanol–water partition coefficient (Wildman–Crippen LogP) is 6.21. The summed E-state index contributed by atoms with van der Waals surface area (Å²) >= 11 is 6.46. The van der Waals surface area contributed by atoms with Gasteiger partial charge in [0.25, 0.3) is 0 Å². The Kier molecular flexibility index (Phi) is 5.87. The van der Waals surface area contributed by atoms with Gasteiger partial charge >= 0.3 is 6.09 Å². The molecule has 150 valence electrons. The number of alkyl carbamates (subject to hydrolysis) is 1. The van der Waals surface area contributed by atoms with Crippen molar-refractivity contribution < 1.29 is 14.6 Å². The van der Waals surface area contributed by atoms with E-state index in [0.29, 0.717) is 16.1 Å². The number of halogens is 1. The van der Waals surface area contributed by atoms with E-state index >= 15 is 0 Å². The fraction of sp³-hybridized carbons (Fsp3) is 0.0800. The zero-order chi connectivity index (χ0) is 20.9. The van der Waals surface area contributed by atoms with Crippen LogP contribution in [0.1, 0.15) is 22.7 Å². The number of rotatable bonds is 5. The third-order valence-electron chi connectivity index (χ3n) is 4.93. The fourth-order valence-electron chi connectivity index (χ4n) is 3.48. The summed E-state index contributed by atoms with van der Waals surface area (Å²) < 4.78 is 5.42. The first-order chi connectivity index (χ1) is 14.6. The maximum atomic E-state index is 12.7. The first-order valence-corrected chi connectivity index (χ1v) is 9.93. The van der Waals surface area contributed by atoms with Crippen LogP contribution in [0.15, 0.2) is 91.0 Å². The number of amides is 1. The number of phenols is 1. The van der Waals surface area contributed by atoms with Crippen LogP contribution in [0, 0.1) is 0 Å². The summed E-state index contributed by atoms with van der Waals surface area (Å²) in [7, 11) is 0. The highest BCUT2D eigenvalue weighted by molar-refractivity contribution is 6.31. The van der Waals surface area contributed by atoms with Crippen LogP contribution in [0.3, 0.4) is 0 Å². The number of benzene rings is 4. The highest BCUT2D eigenvalue weighted by Crippen LogP contribution is 2.38. The van der Waals surface area contributed by atoms with Crippen molar-refractivity contribution in [3.05, 3.63) is 113 Å². The summed E-state index contributed by atoms with van der Waals surface area (Å²) in [4.78, 5) is 12.7. The van der Waals surface area contributed by atoms with E-state index in [1.165, 1.54) is 0 Å². The lowest BCUT2D eigenvalue weighted by Gasteiger charge is -2.23. The third kappa shape index (κ3) is 4.24. The summed E-state index contributed by atoms with van der Waals surface area (Å²) in [6, 6.07) is 27.1. The Morgan fingerprint density at radius 1 is 0.900 bits per heavy atom. The molecule has 0 aliphatic heterocycles. The van der Waals surface area contributed by atoms with E-state index in [4.69, 9.17) is 16.3 Å². The molecule has 0 saturated heterocycles. The van der Waals surface area contributed by atoms with E-state index in [9.17, 15) is 9.90 Å². The molecule has 30 heavy (non-hydrogen) atoms. The van der Waals surface area contributed by atoms with Crippen molar-refractivity contribution in [2.45, 2.75) is 12.6 Å². The lowest BCUT2D eigenvalue weighted by molar-refractivity contribution is 0.137. The predicted molar refractivity (Wildman–Crippen MR) is 119 cm³/mol. The van der Waals surface area contributed by atoms with Gasteiger partial charge in [0.2, 0.25) is 0 Å². The number of aromatic hydroxyl groups is 1. The van der Waals surface area contributed by atoms with E-state index in [0.717, 1.165) is 16.3 Å². The molecule has 2 N–H and O–H groups in total. The van der Waals surface area contributed by atoms with E-state index in [1.807, 2.05) is 78.9 Å². The molecule has 0 aliphatic rings. The Labute approximate surface area is 179 Å². The van der Waals surface area contributed by atoms with Crippen molar-refractivity contribution in [3.63, 3.8) is 0 Å². The molecule has 1 amide bonds. The van der Waals surface area contributed by atoms with Crippen molar-refractivity contribution in [2.24, 2.45) is 0 Å². The number of carbonyl (C=O) groups is 1. The van der Waals surface area contributed by atoms with E-state index in [2.05, 4.69) is 5.32 Å². The van der Waals surface area contributed by atoms with E-state index in [-0.39, 0.29) is 12.4 Å². The van der Waals surface area contributed by atoms with Gasteiger partial charge in [0.1, 0.15) is 12.4 Å². The number of phenolic OH excluding ortho intramolecular Hbond substituents is 1.